The van der Waals surface area contributed by atoms with Gasteiger partial charge in [-0.2, -0.15) is 0 Å². The summed E-state index contributed by atoms with van der Waals surface area (Å²) in [6.45, 7) is 4.32. The molecule has 0 radical (unpaired) electrons. The summed E-state index contributed by atoms with van der Waals surface area (Å²) in [5, 5.41) is 5.06. The first-order valence-electron chi connectivity index (χ1n) is 7.74. The molecular formula is C17H23BrN2. The number of fused-ring (bicyclic) bond motifs is 1. The molecule has 0 bridgehead atoms. The number of para-hydroxylation sites is 1. The van der Waals surface area contributed by atoms with Crippen molar-refractivity contribution in [3.05, 3.63) is 34.4 Å². The molecule has 1 aliphatic rings. The highest BCUT2D eigenvalue weighted by atomic mass is 79.9. The van der Waals surface area contributed by atoms with Crippen molar-refractivity contribution < 1.29 is 0 Å². The van der Waals surface area contributed by atoms with Crippen LogP contribution in [0.25, 0.3) is 10.9 Å². The van der Waals surface area contributed by atoms with Crippen molar-refractivity contribution in [1.29, 1.82) is 0 Å². The van der Waals surface area contributed by atoms with Crippen LogP contribution in [-0.2, 0) is 6.54 Å². The number of nitrogens with zero attached hydrogens (tertiary/aromatic N) is 1. The van der Waals surface area contributed by atoms with E-state index in [2.05, 4.69) is 57.0 Å². The molecule has 1 saturated carbocycles. The predicted octanol–water partition coefficient (Wildman–Crippen LogP) is 4.63. The maximum absolute atomic E-state index is 3.74. The lowest BCUT2D eigenvalue weighted by atomic mass is 9.95. The zero-order valence-corrected chi connectivity index (χ0v) is 13.7. The molecule has 108 valence electrons. The summed E-state index contributed by atoms with van der Waals surface area (Å²) < 4.78 is 3.67. The quantitative estimate of drug-likeness (QED) is 0.862. The van der Waals surface area contributed by atoms with Gasteiger partial charge in [0.05, 0.1) is 0 Å². The van der Waals surface area contributed by atoms with Gasteiger partial charge < -0.3 is 9.88 Å². The third-order valence-corrected chi connectivity index (χ3v) is 5.53. The standard InChI is InChI=1S/C17H23BrN2/c1-13-17(18)15-9-5-6-10-16(15)20(13)12-11-19-14-7-3-2-4-8-14/h5-6,9-10,14,19H,2-4,7-8,11-12H2,1H3. The van der Waals surface area contributed by atoms with Gasteiger partial charge in [0, 0.05) is 40.2 Å². The van der Waals surface area contributed by atoms with E-state index >= 15 is 0 Å². The number of hydrogen-bond donors (Lipinski definition) is 1. The van der Waals surface area contributed by atoms with Gasteiger partial charge in [0.2, 0.25) is 0 Å². The molecule has 1 aliphatic carbocycles. The summed E-state index contributed by atoms with van der Waals surface area (Å²) in [4.78, 5) is 0. The second kappa shape index (κ2) is 6.31. The first kappa shape index (κ1) is 14.2. The number of nitrogens with one attached hydrogen (secondary N) is 1. The molecule has 0 unspecified atom stereocenters. The third-order valence-electron chi connectivity index (χ3n) is 4.53. The molecule has 2 aromatic rings. The van der Waals surface area contributed by atoms with E-state index in [0.29, 0.717) is 0 Å². The number of rotatable bonds is 4. The van der Waals surface area contributed by atoms with Crippen LogP contribution in [0.5, 0.6) is 0 Å². The lowest BCUT2D eigenvalue weighted by Crippen LogP contribution is -2.33. The van der Waals surface area contributed by atoms with Crippen LogP contribution in [0.4, 0.5) is 0 Å². The minimum absolute atomic E-state index is 0.745. The second-order valence-corrected chi connectivity index (χ2v) is 6.65. The van der Waals surface area contributed by atoms with Crippen LogP contribution >= 0.6 is 15.9 Å². The molecule has 0 amide bonds. The van der Waals surface area contributed by atoms with Crippen LogP contribution in [0.3, 0.4) is 0 Å². The van der Waals surface area contributed by atoms with Crippen LogP contribution in [-0.4, -0.2) is 17.2 Å². The van der Waals surface area contributed by atoms with Crippen molar-refractivity contribution in [2.75, 3.05) is 6.54 Å². The van der Waals surface area contributed by atoms with E-state index in [1.54, 1.807) is 0 Å². The number of halogens is 1. The highest BCUT2D eigenvalue weighted by Gasteiger charge is 2.14. The van der Waals surface area contributed by atoms with E-state index < -0.39 is 0 Å². The molecule has 0 atom stereocenters. The molecule has 3 rings (SSSR count). The Morgan fingerprint density at radius 1 is 1.20 bits per heavy atom. The normalized spacial score (nSPS) is 16.9. The van der Waals surface area contributed by atoms with Crippen LogP contribution in [0.15, 0.2) is 28.7 Å². The first-order valence-corrected chi connectivity index (χ1v) is 8.53. The first-order chi connectivity index (χ1) is 9.77. The summed E-state index contributed by atoms with van der Waals surface area (Å²) in [6, 6.07) is 9.39. The fourth-order valence-corrected chi connectivity index (χ4v) is 3.91. The second-order valence-electron chi connectivity index (χ2n) is 5.86. The number of benzene rings is 1. The van der Waals surface area contributed by atoms with Gasteiger partial charge in [0.25, 0.3) is 0 Å². The van der Waals surface area contributed by atoms with Gasteiger partial charge in [-0.05, 0) is 41.8 Å². The van der Waals surface area contributed by atoms with Gasteiger partial charge in [-0.15, -0.1) is 0 Å². The Balaban J connectivity index is 1.69. The summed E-state index contributed by atoms with van der Waals surface area (Å²) in [6.07, 6.45) is 6.93. The van der Waals surface area contributed by atoms with E-state index in [1.807, 2.05) is 0 Å². The van der Waals surface area contributed by atoms with E-state index in [9.17, 15) is 0 Å². The molecule has 3 heteroatoms. The van der Waals surface area contributed by atoms with Gasteiger partial charge in [-0.3, -0.25) is 0 Å². The molecule has 20 heavy (non-hydrogen) atoms. The minimum Gasteiger partial charge on any atom is -0.342 e. The van der Waals surface area contributed by atoms with Gasteiger partial charge in [-0.1, -0.05) is 37.5 Å². The number of hydrogen-bond acceptors (Lipinski definition) is 1. The van der Waals surface area contributed by atoms with E-state index in [-0.39, 0.29) is 0 Å². The molecule has 1 aromatic carbocycles. The van der Waals surface area contributed by atoms with Crippen LogP contribution in [0.1, 0.15) is 37.8 Å². The van der Waals surface area contributed by atoms with Gasteiger partial charge in [-0.25, -0.2) is 0 Å². The van der Waals surface area contributed by atoms with Crippen LogP contribution in [0.2, 0.25) is 0 Å². The zero-order chi connectivity index (χ0) is 13.9. The fraction of sp³-hybridized carbons (Fsp3) is 0.529. The molecular weight excluding hydrogens is 312 g/mol. The van der Waals surface area contributed by atoms with Crippen molar-refractivity contribution in [3.8, 4) is 0 Å². The van der Waals surface area contributed by atoms with E-state index in [1.165, 1.54) is 53.2 Å². The average Bonchev–Trinajstić information content (AvgIpc) is 2.74. The van der Waals surface area contributed by atoms with E-state index in [0.717, 1.165) is 19.1 Å². The smallest absolute Gasteiger partial charge is 0.0494 e. The minimum atomic E-state index is 0.745. The Kier molecular flexibility index (Phi) is 4.47. The summed E-state index contributed by atoms with van der Waals surface area (Å²) in [5.74, 6) is 0. The number of aromatic nitrogens is 1. The molecule has 1 heterocycles. The average molecular weight is 335 g/mol. The molecule has 2 nitrogen and oxygen atoms in total. The van der Waals surface area contributed by atoms with Gasteiger partial charge >= 0.3 is 0 Å². The Labute approximate surface area is 129 Å². The van der Waals surface area contributed by atoms with Crippen molar-refractivity contribution in [1.82, 2.24) is 9.88 Å². The predicted molar refractivity (Wildman–Crippen MR) is 89.3 cm³/mol. The Morgan fingerprint density at radius 2 is 1.95 bits per heavy atom. The van der Waals surface area contributed by atoms with Crippen molar-refractivity contribution in [3.63, 3.8) is 0 Å². The summed E-state index contributed by atoms with van der Waals surface area (Å²) >= 11 is 3.73. The Bertz CT molecular complexity index is 582. The van der Waals surface area contributed by atoms with Crippen LogP contribution in [0, 0.1) is 6.92 Å². The molecule has 0 aliphatic heterocycles. The largest absolute Gasteiger partial charge is 0.342 e. The van der Waals surface area contributed by atoms with Crippen LogP contribution < -0.4 is 5.32 Å². The fourth-order valence-electron chi connectivity index (χ4n) is 3.36. The molecule has 1 fully saturated rings. The molecule has 0 saturated heterocycles. The van der Waals surface area contributed by atoms with Crippen molar-refractivity contribution >= 4 is 26.8 Å². The molecule has 1 aromatic heterocycles. The van der Waals surface area contributed by atoms with E-state index in [4.69, 9.17) is 0 Å². The lowest BCUT2D eigenvalue weighted by molar-refractivity contribution is 0.368. The summed E-state index contributed by atoms with van der Waals surface area (Å²) in [5.41, 5.74) is 2.67. The Hall–Kier alpha value is -0.800. The summed E-state index contributed by atoms with van der Waals surface area (Å²) in [7, 11) is 0. The highest BCUT2D eigenvalue weighted by molar-refractivity contribution is 9.10. The van der Waals surface area contributed by atoms with Gasteiger partial charge in [0.15, 0.2) is 0 Å². The van der Waals surface area contributed by atoms with Gasteiger partial charge in [0.1, 0.15) is 0 Å². The monoisotopic (exact) mass is 334 g/mol. The molecule has 1 N–H and O–H groups in total. The van der Waals surface area contributed by atoms with Crippen molar-refractivity contribution in [2.24, 2.45) is 0 Å². The highest BCUT2D eigenvalue weighted by Crippen LogP contribution is 2.30. The lowest BCUT2D eigenvalue weighted by Gasteiger charge is -2.23. The maximum Gasteiger partial charge on any atom is 0.0494 e. The zero-order valence-electron chi connectivity index (χ0n) is 12.2. The SMILES string of the molecule is Cc1c(Br)c2ccccc2n1CCNC1CCCCC1. The third kappa shape index (κ3) is 2.79. The topological polar surface area (TPSA) is 17.0 Å². The van der Waals surface area contributed by atoms with Crippen molar-refractivity contribution in [2.45, 2.75) is 51.6 Å². The Morgan fingerprint density at radius 3 is 2.75 bits per heavy atom. The maximum atomic E-state index is 3.74. The molecule has 0 spiro atoms.